The van der Waals surface area contributed by atoms with Gasteiger partial charge in [-0.25, -0.2) is 4.68 Å². The summed E-state index contributed by atoms with van der Waals surface area (Å²) in [6.07, 6.45) is 1.83. The second-order valence-corrected chi connectivity index (χ2v) is 4.61. The Morgan fingerprint density at radius 2 is 2.47 bits per heavy atom. The molecule has 0 aromatic carbocycles. The molecule has 1 aliphatic heterocycles. The first-order valence-electron chi connectivity index (χ1n) is 5.66. The maximum atomic E-state index is 10.8. The summed E-state index contributed by atoms with van der Waals surface area (Å²) < 4.78 is 7.19. The number of hydrogen-bond donors (Lipinski definition) is 1. The fourth-order valence-corrected chi connectivity index (χ4v) is 2.00. The third-order valence-corrected chi connectivity index (χ3v) is 3.09. The van der Waals surface area contributed by atoms with Gasteiger partial charge in [0, 0.05) is 6.61 Å². The van der Waals surface area contributed by atoms with Crippen LogP contribution in [-0.4, -0.2) is 37.9 Å². The Balaban J connectivity index is 2.19. The van der Waals surface area contributed by atoms with Crippen LogP contribution >= 0.6 is 0 Å². The molecule has 0 spiro atoms. The molecule has 2 unspecified atom stereocenters. The lowest BCUT2D eigenvalue weighted by Gasteiger charge is -2.22. The minimum Gasteiger partial charge on any atom is -0.481 e. The standard InChI is InChI=1S/C10H16N4O3/c1-7(8(15)16)6-14-9(11-12-13-14)10(2)4-3-5-17-10/h7H,3-6H2,1-2H3,(H,15,16). The molecule has 2 heterocycles. The number of carbonyl (C=O) groups is 1. The Labute approximate surface area is 98.8 Å². The van der Waals surface area contributed by atoms with Gasteiger partial charge in [0.25, 0.3) is 0 Å². The van der Waals surface area contributed by atoms with Gasteiger partial charge in [-0.05, 0) is 30.2 Å². The summed E-state index contributed by atoms with van der Waals surface area (Å²) in [4.78, 5) is 10.8. The van der Waals surface area contributed by atoms with Crippen LogP contribution in [0.2, 0.25) is 0 Å². The Morgan fingerprint density at radius 3 is 3.06 bits per heavy atom. The van der Waals surface area contributed by atoms with Crippen LogP contribution in [0.4, 0.5) is 0 Å². The Hall–Kier alpha value is -1.50. The van der Waals surface area contributed by atoms with Gasteiger partial charge in [-0.15, -0.1) is 5.10 Å². The number of carboxylic acids is 1. The van der Waals surface area contributed by atoms with Crippen molar-refractivity contribution in [1.29, 1.82) is 0 Å². The quantitative estimate of drug-likeness (QED) is 0.820. The lowest BCUT2D eigenvalue weighted by atomic mass is 10.0. The Bertz CT molecular complexity index is 411. The van der Waals surface area contributed by atoms with Crippen molar-refractivity contribution in [3.8, 4) is 0 Å². The van der Waals surface area contributed by atoms with Gasteiger partial charge < -0.3 is 9.84 Å². The predicted molar refractivity (Wildman–Crippen MR) is 57.2 cm³/mol. The molecule has 1 saturated heterocycles. The Morgan fingerprint density at radius 1 is 1.71 bits per heavy atom. The van der Waals surface area contributed by atoms with E-state index in [1.165, 1.54) is 4.68 Å². The van der Waals surface area contributed by atoms with E-state index in [2.05, 4.69) is 15.5 Å². The normalized spacial score (nSPS) is 26.0. The van der Waals surface area contributed by atoms with Crippen molar-refractivity contribution < 1.29 is 14.6 Å². The summed E-state index contributed by atoms with van der Waals surface area (Å²) in [7, 11) is 0. The zero-order valence-corrected chi connectivity index (χ0v) is 9.96. The predicted octanol–water partition coefficient (Wildman–Crippen LogP) is 0.419. The molecular weight excluding hydrogens is 224 g/mol. The van der Waals surface area contributed by atoms with Gasteiger partial charge in [-0.2, -0.15) is 0 Å². The van der Waals surface area contributed by atoms with E-state index in [-0.39, 0.29) is 6.54 Å². The molecule has 2 atom stereocenters. The third-order valence-electron chi connectivity index (χ3n) is 3.09. The van der Waals surface area contributed by atoms with E-state index in [1.54, 1.807) is 6.92 Å². The lowest BCUT2D eigenvalue weighted by molar-refractivity contribution is -0.141. The van der Waals surface area contributed by atoms with Crippen molar-refractivity contribution in [3.05, 3.63) is 5.82 Å². The molecule has 7 nitrogen and oxygen atoms in total. The van der Waals surface area contributed by atoms with Crippen LogP contribution in [0.15, 0.2) is 0 Å². The highest BCUT2D eigenvalue weighted by atomic mass is 16.5. The van der Waals surface area contributed by atoms with Crippen molar-refractivity contribution in [2.45, 2.75) is 38.8 Å². The first-order chi connectivity index (χ1) is 8.03. The summed E-state index contributed by atoms with van der Waals surface area (Å²) in [6, 6.07) is 0. The fourth-order valence-electron chi connectivity index (χ4n) is 2.00. The van der Waals surface area contributed by atoms with Crippen LogP contribution in [0.25, 0.3) is 0 Å². The van der Waals surface area contributed by atoms with Gasteiger partial charge >= 0.3 is 5.97 Å². The van der Waals surface area contributed by atoms with Crippen molar-refractivity contribution >= 4 is 5.97 Å². The second kappa shape index (κ2) is 4.40. The highest BCUT2D eigenvalue weighted by molar-refractivity contribution is 5.69. The van der Waals surface area contributed by atoms with Crippen LogP contribution in [0.5, 0.6) is 0 Å². The second-order valence-electron chi connectivity index (χ2n) is 4.61. The molecule has 0 radical (unpaired) electrons. The van der Waals surface area contributed by atoms with E-state index < -0.39 is 17.5 Å². The largest absolute Gasteiger partial charge is 0.481 e. The first kappa shape index (κ1) is 12.0. The molecule has 0 bridgehead atoms. The third kappa shape index (κ3) is 2.28. The van der Waals surface area contributed by atoms with Gasteiger partial charge in [0.15, 0.2) is 5.82 Å². The minimum atomic E-state index is -0.857. The molecule has 1 aromatic rings. The van der Waals surface area contributed by atoms with Crippen LogP contribution in [0.3, 0.4) is 0 Å². The van der Waals surface area contributed by atoms with Crippen LogP contribution in [-0.2, 0) is 21.7 Å². The van der Waals surface area contributed by atoms with Crippen LogP contribution in [0.1, 0.15) is 32.5 Å². The van der Waals surface area contributed by atoms with Crippen molar-refractivity contribution in [1.82, 2.24) is 20.2 Å². The average molecular weight is 240 g/mol. The van der Waals surface area contributed by atoms with E-state index in [0.29, 0.717) is 12.4 Å². The molecule has 2 rings (SSSR count). The number of rotatable bonds is 4. The van der Waals surface area contributed by atoms with Crippen molar-refractivity contribution in [2.24, 2.45) is 5.92 Å². The van der Waals surface area contributed by atoms with Crippen molar-refractivity contribution in [3.63, 3.8) is 0 Å². The zero-order valence-electron chi connectivity index (χ0n) is 9.96. The summed E-state index contributed by atoms with van der Waals surface area (Å²) in [5.41, 5.74) is -0.484. The molecule has 0 aliphatic carbocycles. The molecule has 0 saturated carbocycles. The number of ether oxygens (including phenoxy) is 1. The van der Waals surface area contributed by atoms with E-state index in [0.717, 1.165) is 12.8 Å². The van der Waals surface area contributed by atoms with E-state index in [1.807, 2.05) is 6.92 Å². The highest BCUT2D eigenvalue weighted by Gasteiger charge is 2.37. The minimum absolute atomic E-state index is 0.261. The van der Waals surface area contributed by atoms with E-state index in [9.17, 15) is 4.79 Å². The van der Waals surface area contributed by atoms with E-state index in [4.69, 9.17) is 9.84 Å². The molecule has 1 N–H and O–H groups in total. The van der Waals surface area contributed by atoms with Gasteiger partial charge in [-0.3, -0.25) is 4.79 Å². The van der Waals surface area contributed by atoms with Crippen LogP contribution < -0.4 is 0 Å². The van der Waals surface area contributed by atoms with Crippen LogP contribution in [0, 0.1) is 5.92 Å². The summed E-state index contributed by atoms with van der Waals surface area (Å²) in [5.74, 6) is -0.769. The maximum absolute atomic E-state index is 10.8. The number of nitrogens with zero attached hydrogens (tertiary/aromatic N) is 4. The number of hydrogen-bond acceptors (Lipinski definition) is 5. The molecule has 1 aromatic heterocycles. The number of aliphatic carboxylic acids is 1. The first-order valence-corrected chi connectivity index (χ1v) is 5.66. The summed E-state index contributed by atoms with van der Waals surface area (Å²) in [5, 5.41) is 20.3. The molecule has 94 valence electrons. The number of aromatic nitrogens is 4. The Kier molecular flexibility index (Phi) is 3.10. The summed E-state index contributed by atoms with van der Waals surface area (Å²) >= 11 is 0. The molecule has 1 fully saturated rings. The highest BCUT2D eigenvalue weighted by Crippen LogP contribution is 2.33. The topological polar surface area (TPSA) is 90.1 Å². The average Bonchev–Trinajstić information content (AvgIpc) is 2.87. The monoisotopic (exact) mass is 240 g/mol. The number of carboxylic acid groups (broad SMARTS) is 1. The van der Waals surface area contributed by atoms with Gasteiger partial charge in [0.2, 0.25) is 0 Å². The lowest BCUT2D eigenvalue weighted by Crippen LogP contribution is -2.28. The maximum Gasteiger partial charge on any atom is 0.308 e. The fraction of sp³-hybridized carbons (Fsp3) is 0.800. The van der Waals surface area contributed by atoms with Gasteiger partial charge in [0.05, 0.1) is 12.5 Å². The zero-order chi connectivity index (χ0) is 12.5. The summed E-state index contributed by atoms with van der Waals surface area (Å²) in [6.45, 7) is 4.52. The van der Waals surface area contributed by atoms with Gasteiger partial charge in [0.1, 0.15) is 5.60 Å². The van der Waals surface area contributed by atoms with E-state index >= 15 is 0 Å². The van der Waals surface area contributed by atoms with Gasteiger partial charge in [-0.1, -0.05) is 6.92 Å². The molecular formula is C10H16N4O3. The molecule has 7 heteroatoms. The molecule has 1 aliphatic rings. The SMILES string of the molecule is CC(Cn1nnnc1C1(C)CCCO1)C(=O)O. The smallest absolute Gasteiger partial charge is 0.308 e. The number of tetrazole rings is 1. The molecule has 0 amide bonds. The van der Waals surface area contributed by atoms with Crippen molar-refractivity contribution in [2.75, 3.05) is 6.61 Å². The molecule has 17 heavy (non-hydrogen) atoms.